The highest BCUT2D eigenvalue weighted by atomic mass is 35.5. The van der Waals surface area contributed by atoms with E-state index in [4.69, 9.17) is 11.6 Å². The number of pyridine rings is 2. The van der Waals surface area contributed by atoms with Crippen molar-refractivity contribution in [2.24, 2.45) is 0 Å². The molecule has 2 rings (SSSR count). The Morgan fingerprint density at radius 2 is 2.18 bits per heavy atom. The minimum absolute atomic E-state index is 0.153. The van der Waals surface area contributed by atoms with Gasteiger partial charge in [0.15, 0.2) is 0 Å². The van der Waals surface area contributed by atoms with Gasteiger partial charge in [0.1, 0.15) is 0 Å². The highest BCUT2D eigenvalue weighted by Gasteiger charge is 2.13. The second-order valence-corrected chi connectivity index (χ2v) is 4.17. The number of hydrogen-bond donors (Lipinski definition) is 1. The molecule has 3 nitrogen and oxygen atoms in total. The Labute approximate surface area is 106 Å². The Hall–Kier alpha value is -1.45. The number of likely N-dealkylation sites (N-methyl/N-ethyl adjacent to an activating group) is 1. The molecule has 88 valence electrons. The van der Waals surface area contributed by atoms with Gasteiger partial charge in [-0.2, -0.15) is 0 Å². The first kappa shape index (κ1) is 12.0. The van der Waals surface area contributed by atoms with E-state index < -0.39 is 0 Å². The summed E-state index contributed by atoms with van der Waals surface area (Å²) < 4.78 is 0. The van der Waals surface area contributed by atoms with E-state index in [1.54, 1.807) is 18.6 Å². The molecule has 0 amide bonds. The average molecular weight is 248 g/mol. The van der Waals surface area contributed by atoms with E-state index in [9.17, 15) is 0 Å². The molecule has 0 aliphatic carbocycles. The Bertz CT molecular complexity index is 473. The van der Waals surface area contributed by atoms with Gasteiger partial charge in [0.05, 0.1) is 5.02 Å². The van der Waals surface area contributed by atoms with Crippen molar-refractivity contribution in [3.8, 4) is 0 Å². The molecule has 2 aromatic heterocycles. The average Bonchev–Trinajstić information content (AvgIpc) is 2.38. The Kier molecular flexibility index (Phi) is 4.07. The fourth-order valence-electron chi connectivity index (χ4n) is 1.76. The van der Waals surface area contributed by atoms with Gasteiger partial charge in [0.25, 0.3) is 0 Å². The van der Waals surface area contributed by atoms with Crippen LogP contribution in [0.1, 0.15) is 17.3 Å². The summed E-state index contributed by atoms with van der Waals surface area (Å²) >= 11 is 6.14. The number of rotatable bonds is 4. The lowest BCUT2D eigenvalue weighted by molar-refractivity contribution is 0.584. The molecular weight excluding hydrogens is 234 g/mol. The Balaban J connectivity index is 2.21. The van der Waals surface area contributed by atoms with E-state index >= 15 is 0 Å². The molecule has 0 saturated carbocycles. The van der Waals surface area contributed by atoms with Crippen molar-refractivity contribution in [2.75, 3.05) is 7.05 Å². The van der Waals surface area contributed by atoms with Crippen molar-refractivity contribution < 1.29 is 0 Å². The van der Waals surface area contributed by atoms with Gasteiger partial charge in [-0.05, 0) is 30.8 Å². The van der Waals surface area contributed by atoms with Crippen LogP contribution < -0.4 is 5.32 Å². The van der Waals surface area contributed by atoms with Crippen molar-refractivity contribution in [1.29, 1.82) is 0 Å². The summed E-state index contributed by atoms with van der Waals surface area (Å²) in [5.41, 5.74) is 2.09. The summed E-state index contributed by atoms with van der Waals surface area (Å²) in [6, 6.07) is 8.01. The maximum absolute atomic E-state index is 6.14. The lowest BCUT2D eigenvalue weighted by Crippen LogP contribution is -2.19. The molecule has 0 spiro atoms. The Morgan fingerprint density at radius 1 is 1.29 bits per heavy atom. The molecule has 2 aromatic rings. The van der Waals surface area contributed by atoms with E-state index in [1.807, 2.05) is 31.3 Å². The van der Waals surface area contributed by atoms with Crippen molar-refractivity contribution in [1.82, 2.24) is 15.3 Å². The van der Waals surface area contributed by atoms with Gasteiger partial charge in [-0.3, -0.25) is 9.97 Å². The van der Waals surface area contributed by atoms with Crippen LogP contribution in [-0.2, 0) is 6.42 Å². The van der Waals surface area contributed by atoms with E-state index in [-0.39, 0.29) is 6.04 Å². The maximum Gasteiger partial charge on any atom is 0.0637 e. The minimum atomic E-state index is 0.153. The summed E-state index contributed by atoms with van der Waals surface area (Å²) in [5.74, 6) is 0. The van der Waals surface area contributed by atoms with Crippen molar-refractivity contribution in [2.45, 2.75) is 12.5 Å². The summed E-state index contributed by atoms with van der Waals surface area (Å²) in [5, 5.41) is 3.94. The largest absolute Gasteiger partial charge is 0.313 e. The SMILES string of the molecule is CNC(Cc1ccccn1)c1ccncc1Cl. The third kappa shape index (κ3) is 3.02. The van der Waals surface area contributed by atoms with Crippen molar-refractivity contribution >= 4 is 11.6 Å². The molecule has 1 unspecified atom stereocenters. The molecule has 4 heteroatoms. The standard InChI is InChI=1S/C13H14ClN3/c1-15-13(8-10-4-2-3-6-17-10)11-5-7-16-9-12(11)14/h2-7,9,13,15H,8H2,1H3. The summed E-state index contributed by atoms with van der Waals surface area (Å²) in [6.45, 7) is 0. The van der Waals surface area contributed by atoms with Crippen LogP contribution in [0.3, 0.4) is 0 Å². The van der Waals surface area contributed by atoms with E-state index in [2.05, 4.69) is 15.3 Å². The number of aromatic nitrogens is 2. The zero-order chi connectivity index (χ0) is 12.1. The van der Waals surface area contributed by atoms with Gasteiger partial charge in [0, 0.05) is 36.7 Å². The molecule has 0 aliphatic heterocycles. The third-order valence-electron chi connectivity index (χ3n) is 2.67. The van der Waals surface area contributed by atoms with Crippen LogP contribution in [0.25, 0.3) is 0 Å². The van der Waals surface area contributed by atoms with Gasteiger partial charge in [-0.1, -0.05) is 17.7 Å². The van der Waals surface area contributed by atoms with Gasteiger partial charge < -0.3 is 5.32 Å². The van der Waals surface area contributed by atoms with Crippen LogP contribution in [0.15, 0.2) is 42.9 Å². The number of nitrogens with one attached hydrogen (secondary N) is 1. The minimum Gasteiger partial charge on any atom is -0.313 e. The monoisotopic (exact) mass is 247 g/mol. The molecule has 2 heterocycles. The lowest BCUT2D eigenvalue weighted by Gasteiger charge is -2.17. The highest BCUT2D eigenvalue weighted by Crippen LogP contribution is 2.23. The molecule has 0 fully saturated rings. The van der Waals surface area contributed by atoms with Gasteiger partial charge in [-0.15, -0.1) is 0 Å². The van der Waals surface area contributed by atoms with E-state index in [0.29, 0.717) is 5.02 Å². The quantitative estimate of drug-likeness (QED) is 0.903. The highest BCUT2D eigenvalue weighted by molar-refractivity contribution is 6.31. The molecule has 1 atom stereocenters. The molecule has 0 aromatic carbocycles. The van der Waals surface area contributed by atoms with Gasteiger partial charge >= 0.3 is 0 Å². The molecule has 0 aliphatic rings. The van der Waals surface area contributed by atoms with Crippen LogP contribution >= 0.6 is 11.6 Å². The molecule has 1 N–H and O–H groups in total. The van der Waals surface area contributed by atoms with Gasteiger partial charge in [0.2, 0.25) is 0 Å². The van der Waals surface area contributed by atoms with E-state index in [1.165, 1.54) is 0 Å². The van der Waals surface area contributed by atoms with Crippen LogP contribution in [0, 0.1) is 0 Å². The van der Waals surface area contributed by atoms with Gasteiger partial charge in [-0.25, -0.2) is 0 Å². The Morgan fingerprint density at radius 3 is 2.82 bits per heavy atom. The first-order chi connectivity index (χ1) is 8.31. The van der Waals surface area contributed by atoms with E-state index in [0.717, 1.165) is 17.7 Å². The normalized spacial score (nSPS) is 12.4. The van der Waals surface area contributed by atoms with Crippen LogP contribution in [0.5, 0.6) is 0 Å². The zero-order valence-electron chi connectivity index (χ0n) is 9.60. The molecular formula is C13H14ClN3. The molecule has 0 radical (unpaired) electrons. The molecule has 0 bridgehead atoms. The van der Waals surface area contributed by atoms with Crippen molar-refractivity contribution in [3.05, 3.63) is 59.1 Å². The van der Waals surface area contributed by atoms with Crippen LogP contribution in [0.2, 0.25) is 5.02 Å². The topological polar surface area (TPSA) is 37.8 Å². The number of hydrogen-bond acceptors (Lipinski definition) is 3. The smallest absolute Gasteiger partial charge is 0.0637 e. The predicted octanol–water partition coefficient (Wildman–Crippen LogP) is 2.63. The number of nitrogens with zero attached hydrogens (tertiary/aromatic N) is 2. The lowest BCUT2D eigenvalue weighted by atomic mass is 10.0. The van der Waals surface area contributed by atoms with Crippen molar-refractivity contribution in [3.63, 3.8) is 0 Å². The first-order valence-corrected chi connectivity index (χ1v) is 5.85. The molecule has 0 saturated heterocycles. The fourth-order valence-corrected chi connectivity index (χ4v) is 2.02. The number of halogens is 1. The first-order valence-electron chi connectivity index (χ1n) is 5.48. The molecule has 17 heavy (non-hydrogen) atoms. The summed E-state index contributed by atoms with van der Waals surface area (Å²) in [7, 11) is 1.92. The van der Waals surface area contributed by atoms with Crippen LogP contribution in [-0.4, -0.2) is 17.0 Å². The fraction of sp³-hybridized carbons (Fsp3) is 0.231. The third-order valence-corrected chi connectivity index (χ3v) is 2.98. The summed E-state index contributed by atoms with van der Waals surface area (Å²) in [4.78, 5) is 8.32. The van der Waals surface area contributed by atoms with Crippen LogP contribution in [0.4, 0.5) is 0 Å². The second kappa shape index (κ2) is 5.75. The predicted molar refractivity (Wildman–Crippen MR) is 69.0 cm³/mol. The zero-order valence-corrected chi connectivity index (χ0v) is 10.4. The second-order valence-electron chi connectivity index (χ2n) is 3.76. The summed E-state index contributed by atoms with van der Waals surface area (Å²) in [6.07, 6.45) is 6.03. The maximum atomic E-state index is 6.14.